The number of phenolic OH excluding ortho intramolecular Hbond substituents is 1. The van der Waals surface area contributed by atoms with Crippen LogP contribution in [0.4, 0.5) is 4.79 Å². The van der Waals surface area contributed by atoms with E-state index in [1.807, 2.05) is 11.8 Å². The largest absolute Gasteiger partial charge is 0.508 e. The summed E-state index contributed by atoms with van der Waals surface area (Å²) in [4.78, 5) is 35.3. The normalized spacial score (nSPS) is 21.2. The molecule has 5 N–H and O–H groups in total. The van der Waals surface area contributed by atoms with Crippen LogP contribution in [0.2, 0.25) is 0 Å². The average Bonchev–Trinajstić information content (AvgIpc) is 3.35. The number of thioether (sulfide) groups is 1. The van der Waals surface area contributed by atoms with Crippen LogP contribution in [0.3, 0.4) is 0 Å². The zero-order valence-corrected chi connectivity index (χ0v) is 21.0. The second-order valence-corrected chi connectivity index (χ2v) is 12.0. The summed E-state index contributed by atoms with van der Waals surface area (Å²) >= 11 is 1.91. The van der Waals surface area contributed by atoms with Gasteiger partial charge in [0, 0.05) is 48.4 Å². The second-order valence-electron chi connectivity index (χ2n) is 8.05. The number of hydrogen-bond donors (Lipinski definition) is 5. The van der Waals surface area contributed by atoms with Crippen molar-refractivity contribution in [2.45, 2.75) is 56.0 Å². The Morgan fingerprint density at radius 1 is 1.03 bits per heavy atom. The molecule has 0 aliphatic carbocycles. The highest BCUT2D eigenvalue weighted by atomic mass is 33.1. The maximum atomic E-state index is 12.0. The summed E-state index contributed by atoms with van der Waals surface area (Å²) in [7, 11) is 3.29. The van der Waals surface area contributed by atoms with Gasteiger partial charge in [-0.25, -0.2) is 4.79 Å². The first-order valence-electron chi connectivity index (χ1n) is 11.3. The number of carbonyl (C=O) groups is 3. The summed E-state index contributed by atoms with van der Waals surface area (Å²) < 4.78 is 0. The molecule has 3 rings (SSSR count). The number of nitrogens with one attached hydrogen (secondary N) is 4. The van der Waals surface area contributed by atoms with Gasteiger partial charge >= 0.3 is 6.03 Å². The molecule has 4 amide bonds. The molecule has 182 valence electrons. The highest BCUT2D eigenvalue weighted by Crippen LogP contribution is 2.33. The Morgan fingerprint density at radius 2 is 1.79 bits per heavy atom. The van der Waals surface area contributed by atoms with Crippen molar-refractivity contribution in [1.29, 1.82) is 0 Å². The molecule has 11 heteroatoms. The molecule has 2 saturated heterocycles. The van der Waals surface area contributed by atoms with E-state index in [1.54, 1.807) is 45.9 Å². The van der Waals surface area contributed by atoms with Gasteiger partial charge in [-0.3, -0.25) is 9.59 Å². The Morgan fingerprint density at radius 3 is 2.61 bits per heavy atom. The standard InChI is InChI=1S/C22H32N4O4S3/c27-16-7-5-15(6-8-16)13-24-20(29)9-11-32-33-12-10-23-19(28)4-2-1-3-18-21-17(14-31-18)25-22(30)26-21/h5-8,17-18,21,27H,1-4,9-14H2,(H,23,28)(H,24,29)(H2,25,26,30)/t17-,18-,21-/m0/s1. The van der Waals surface area contributed by atoms with Crippen LogP contribution >= 0.6 is 33.3 Å². The van der Waals surface area contributed by atoms with E-state index in [1.165, 1.54) is 0 Å². The van der Waals surface area contributed by atoms with Gasteiger partial charge in [-0.15, -0.1) is 0 Å². The molecule has 0 unspecified atom stereocenters. The second kappa shape index (κ2) is 13.9. The van der Waals surface area contributed by atoms with E-state index in [0.29, 0.717) is 31.2 Å². The number of urea groups is 1. The van der Waals surface area contributed by atoms with Crippen molar-refractivity contribution in [3.63, 3.8) is 0 Å². The van der Waals surface area contributed by atoms with Gasteiger partial charge in [-0.2, -0.15) is 11.8 Å². The van der Waals surface area contributed by atoms with E-state index in [2.05, 4.69) is 21.3 Å². The SMILES string of the molecule is O=C(CCCC[C@@H]1SC[C@@H]2NC(=O)N[C@@H]21)NCCSSCCC(=O)NCc1ccc(O)cc1. The third kappa shape index (κ3) is 9.21. The number of hydrogen-bond acceptors (Lipinski definition) is 7. The Bertz CT molecular complexity index is 796. The molecule has 2 heterocycles. The van der Waals surface area contributed by atoms with Gasteiger partial charge in [0.1, 0.15) is 5.75 Å². The number of amides is 4. The molecule has 0 radical (unpaired) electrons. The number of aromatic hydroxyl groups is 1. The number of phenols is 1. The maximum Gasteiger partial charge on any atom is 0.315 e. The van der Waals surface area contributed by atoms with Crippen molar-refractivity contribution in [3.05, 3.63) is 29.8 Å². The molecule has 8 nitrogen and oxygen atoms in total. The molecule has 2 aliphatic heterocycles. The van der Waals surface area contributed by atoms with Crippen LogP contribution < -0.4 is 21.3 Å². The van der Waals surface area contributed by atoms with E-state index in [-0.39, 0.29) is 35.7 Å². The van der Waals surface area contributed by atoms with Crippen molar-refractivity contribution < 1.29 is 19.5 Å². The topological polar surface area (TPSA) is 120 Å². The van der Waals surface area contributed by atoms with Gasteiger partial charge in [0.2, 0.25) is 11.8 Å². The first-order chi connectivity index (χ1) is 16.0. The van der Waals surface area contributed by atoms with E-state index < -0.39 is 0 Å². The Balaban J connectivity index is 1.11. The van der Waals surface area contributed by atoms with Crippen LogP contribution in [-0.2, 0) is 16.1 Å². The highest BCUT2D eigenvalue weighted by Gasteiger charge is 2.42. The third-order valence-corrected chi connectivity index (χ3v) is 9.43. The lowest BCUT2D eigenvalue weighted by Crippen LogP contribution is -2.36. The van der Waals surface area contributed by atoms with Crippen molar-refractivity contribution in [2.24, 2.45) is 0 Å². The Hall–Kier alpha value is -1.72. The van der Waals surface area contributed by atoms with Crippen LogP contribution in [0.15, 0.2) is 24.3 Å². The van der Waals surface area contributed by atoms with Gasteiger partial charge in [0.05, 0.1) is 12.1 Å². The van der Waals surface area contributed by atoms with Gasteiger partial charge < -0.3 is 26.4 Å². The molecule has 3 atom stereocenters. The summed E-state index contributed by atoms with van der Waals surface area (Å²) in [6, 6.07) is 7.21. The van der Waals surface area contributed by atoms with Crippen molar-refractivity contribution in [3.8, 4) is 5.75 Å². The minimum absolute atomic E-state index is 0.00239. The molecule has 0 spiro atoms. The van der Waals surface area contributed by atoms with E-state index in [0.717, 1.165) is 42.1 Å². The molecule has 2 fully saturated rings. The fraction of sp³-hybridized carbons (Fsp3) is 0.591. The zero-order valence-electron chi connectivity index (χ0n) is 18.5. The first kappa shape index (κ1) is 25.9. The van der Waals surface area contributed by atoms with Crippen LogP contribution in [0, 0.1) is 0 Å². The molecular weight excluding hydrogens is 480 g/mol. The Labute approximate surface area is 207 Å². The van der Waals surface area contributed by atoms with Gasteiger partial charge in [-0.1, -0.05) is 40.1 Å². The molecular formula is C22H32N4O4S3. The summed E-state index contributed by atoms with van der Waals surface area (Å²) in [5.41, 5.74) is 0.949. The lowest BCUT2D eigenvalue weighted by molar-refractivity contribution is -0.121. The molecule has 0 saturated carbocycles. The summed E-state index contributed by atoms with van der Waals surface area (Å²) in [6.45, 7) is 1.08. The average molecular weight is 513 g/mol. The molecule has 1 aromatic rings. The lowest BCUT2D eigenvalue weighted by Gasteiger charge is -2.16. The van der Waals surface area contributed by atoms with Crippen LogP contribution in [0.25, 0.3) is 0 Å². The van der Waals surface area contributed by atoms with Crippen molar-refractivity contribution >= 4 is 51.2 Å². The zero-order chi connectivity index (χ0) is 23.5. The van der Waals surface area contributed by atoms with Gasteiger partial charge in [-0.05, 0) is 30.5 Å². The van der Waals surface area contributed by atoms with Gasteiger partial charge in [0.15, 0.2) is 0 Å². The minimum Gasteiger partial charge on any atom is -0.508 e. The third-order valence-electron chi connectivity index (χ3n) is 5.51. The minimum atomic E-state index is -0.0559. The number of carbonyl (C=O) groups excluding carboxylic acids is 3. The fourth-order valence-electron chi connectivity index (χ4n) is 3.75. The van der Waals surface area contributed by atoms with Crippen LogP contribution in [-0.4, -0.2) is 64.1 Å². The Kier molecular flexibility index (Phi) is 10.9. The predicted octanol–water partition coefficient (Wildman–Crippen LogP) is 2.62. The maximum absolute atomic E-state index is 12.0. The fourth-order valence-corrected chi connectivity index (χ4v) is 7.19. The monoisotopic (exact) mass is 512 g/mol. The summed E-state index contributed by atoms with van der Waals surface area (Å²) in [5.74, 6) is 2.79. The number of rotatable bonds is 14. The predicted molar refractivity (Wildman–Crippen MR) is 136 cm³/mol. The smallest absolute Gasteiger partial charge is 0.315 e. The van der Waals surface area contributed by atoms with Crippen LogP contribution in [0.5, 0.6) is 5.75 Å². The molecule has 0 bridgehead atoms. The van der Waals surface area contributed by atoms with E-state index in [9.17, 15) is 19.5 Å². The first-order valence-corrected chi connectivity index (χ1v) is 14.8. The van der Waals surface area contributed by atoms with Gasteiger partial charge in [0.25, 0.3) is 0 Å². The lowest BCUT2D eigenvalue weighted by atomic mass is 10.0. The summed E-state index contributed by atoms with van der Waals surface area (Å²) in [5, 5.41) is 21.5. The quantitative estimate of drug-likeness (QED) is 0.148. The molecule has 2 aliphatic rings. The molecule has 1 aromatic carbocycles. The van der Waals surface area contributed by atoms with E-state index >= 15 is 0 Å². The van der Waals surface area contributed by atoms with Crippen LogP contribution in [0.1, 0.15) is 37.7 Å². The summed E-state index contributed by atoms with van der Waals surface area (Å²) in [6.07, 6.45) is 3.86. The number of unbranched alkanes of at least 4 members (excludes halogenated alkanes) is 1. The number of benzene rings is 1. The number of fused-ring (bicyclic) bond motifs is 1. The highest BCUT2D eigenvalue weighted by molar-refractivity contribution is 8.76. The molecule has 33 heavy (non-hydrogen) atoms. The van der Waals surface area contributed by atoms with Crippen molar-refractivity contribution in [2.75, 3.05) is 23.8 Å². The van der Waals surface area contributed by atoms with Crippen molar-refractivity contribution in [1.82, 2.24) is 21.3 Å². The van der Waals surface area contributed by atoms with E-state index in [4.69, 9.17) is 0 Å². The molecule has 0 aromatic heterocycles.